The SMILES string of the molecule is O=C(Nc1ccc(Br)cc1)c1cccnc1NCC1(O)CCC1. The number of halogens is 1. The molecular weight excluding hydrogens is 358 g/mol. The van der Waals surface area contributed by atoms with Crippen LogP contribution in [0.1, 0.15) is 29.6 Å². The first-order chi connectivity index (χ1) is 11.1. The normalized spacial score (nSPS) is 15.6. The quantitative estimate of drug-likeness (QED) is 0.748. The van der Waals surface area contributed by atoms with Crippen LogP contribution in [0.2, 0.25) is 0 Å². The van der Waals surface area contributed by atoms with E-state index < -0.39 is 5.60 Å². The molecule has 3 N–H and O–H groups in total. The summed E-state index contributed by atoms with van der Waals surface area (Å²) in [5.41, 5.74) is 0.501. The molecule has 23 heavy (non-hydrogen) atoms. The van der Waals surface area contributed by atoms with Crippen LogP contribution >= 0.6 is 15.9 Å². The predicted molar refractivity (Wildman–Crippen MR) is 93.6 cm³/mol. The fourth-order valence-corrected chi connectivity index (χ4v) is 2.74. The van der Waals surface area contributed by atoms with Crippen LogP contribution in [0, 0.1) is 0 Å². The summed E-state index contributed by atoms with van der Waals surface area (Å²) in [6.07, 6.45) is 4.24. The van der Waals surface area contributed by atoms with Gasteiger partial charge in [-0.1, -0.05) is 15.9 Å². The Morgan fingerprint density at radius 2 is 2.00 bits per heavy atom. The fourth-order valence-electron chi connectivity index (χ4n) is 2.47. The van der Waals surface area contributed by atoms with Crippen molar-refractivity contribution in [1.29, 1.82) is 0 Å². The Morgan fingerprint density at radius 3 is 2.65 bits per heavy atom. The summed E-state index contributed by atoms with van der Waals surface area (Å²) < 4.78 is 0.952. The first-order valence-electron chi connectivity index (χ1n) is 7.54. The van der Waals surface area contributed by atoms with Gasteiger partial charge in [-0.05, 0) is 55.7 Å². The van der Waals surface area contributed by atoms with E-state index >= 15 is 0 Å². The first-order valence-corrected chi connectivity index (χ1v) is 8.33. The molecule has 0 aliphatic heterocycles. The minimum absolute atomic E-state index is 0.233. The number of pyridine rings is 1. The van der Waals surface area contributed by atoms with E-state index in [1.165, 1.54) is 0 Å². The lowest BCUT2D eigenvalue weighted by Crippen LogP contribution is -2.43. The third-order valence-corrected chi connectivity index (χ3v) is 4.55. The first kappa shape index (κ1) is 16.0. The smallest absolute Gasteiger partial charge is 0.259 e. The van der Waals surface area contributed by atoms with Crippen LogP contribution in [0.15, 0.2) is 47.1 Å². The molecule has 1 aromatic heterocycles. The minimum atomic E-state index is -0.670. The zero-order valence-corrected chi connectivity index (χ0v) is 14.1. The van der Waals surface area contributed by atoms with Gasteiger partial charge in [0.1, 0.15) is 5.82 Å². The van der Waals surface area contributed by atoms with E-state index in [4.69, 9.17) is 0 Å². The highest BCUT2D eigenvalue weighted by Gasteiger charge is 2.34. The van der Waals surface area contributed by atoms with Gasteiger partial charge in [0.15, 0.2) is 0 Å². The molecule has 1 amide bonds. The van der Waals surface area contributed by atoms with Crippen molar-refractivity contribution in [2.75, 3.05) is 17.2 Å². The van der Waals surface area contributed by atoms with Gasteiger partial charge in [0, 0.05) is 22.9 Å². The summed E-state index contributed by atoms with van der Waals surface area (Å²) >= 11 is 3.36. The Hall–Kier alpha value is -1.92. The van der Waals surface area contributed by atoms with Crippen LogP contribution < -0.4 is 10.6 Å². The third kappa shape index (κ3) is 3.89. The van der Waals surface area contributed by atoms with E-state index in [-0.39, 0.29) is 5.91 Å². The molecule has 3 rings (SSSR count). The van der Waals surface area contributed by atoms with Crippen molar-refractivity contribution >= 4 is 33.3 Å². The topological polar surface area (TPSA) is 74.2 Å². The van der Waals surface area contributed by atoms with Crippen molar-refractivity contribution in [3.63, 3.8) is 0 Å². The van der Waals surface area contributed by atoms with Gasteiger partial charge in [-0.3, -0.25) is 4.79 Å². The average Bonchev–Trinajstić information content (AvgIpc) is 2.53. The van der Waals surface area contributed by atoms with Crippen molar-refractivity contribution in [2.45, 2.75) is 24.9 Å². The molecule has 0 radical (unpaired) electrons. The number of nitrogens with one attached hydrogen (secondary N) is 2. The van der Waals surface area contributed by atoms with Crippen molar-refractivity contribution < 1.29 is 9.90 Å². The number of amides is 1. The second-order valence-electron chi connectivity index (χ2n) is 5.79. The summed E-state index contributed by atoms with van der Waals surface area (Å²) in [5.74, 6) is 0.256. The maximum absolute atomic E-state index is 12.5. The Labute approximate surface area is 143 Å². The highest BCUT2D eigenvalue weighted by Crippen LogP contribution is 2.31. The van der Waals surface area contributed by atoms with E-state index in [1.54, 1.807) is 18.3 Å². The fraction of sp³-hybridized carbons (Fsp3) is 0.294. The minimum Gasteiger partial charge on any atom is -0.388 e. The van der Waals surface area contributed by atoms with E-state index in [9.17, 15) is 9.90 Å². The number of aromatic nitrogens is 1. The van der Waals surface area contributed by atoms with Gasteiger partial charge in [0.2, 0.25) is 0 Å². The summed E-state index contributed by atoms with van der Waals surface area (Å²) in [7, 11) is 0. The van der Waals surface area contributed by atoms with E-state index in [1.807, 2.05) is 24.3 Å². The summed E-state index contributed by atoms with van der Waals surface area (Å²) in [4.78, 5) is 16.7. The Kier molecular flexibility index (Phi) is 4.63. The molecule has 0 unspecified atom stereocenters. The molecule has 6 heteroatoms. The maximum atomic E-state index is 12.5. The monoisotopic (exact) mass is 375 g/mol. The van der Waals surface area contributed by atoms with E-state index in [0.29, 0.717) is 23.6 Å². The van der Waals surface area contributed by atoms with Gasteiger partial charge in [-0.15, -0.1) is 0 Å². The molecular formula is C17H18BrN3O2. The lowest BCUT2D eigenvalue weighted by atomic mass is 9.80. The number of carbonyl (C=O) groups is 1. The van der Waals surface area contributed by atoms with Crippen LogP contribution in [0.4, 0.5) is 11.5 Å². The van der Waals surface area contributed by atoms with Crippen LogP contribution in [0.5, 0.6) is 0 Å². The number of benzene rings is 1. The lowest BCUT2D eigenvalue weighted by Gasteiger charge is -2.36. The zero-order chi connectivity index (χ0) is 16.3. The van der Waals surface area contributed by atoms with Gasteiger partial charge >= 0.3 is 0 Å². The molecule has 1 aliphatic rings. The molecule has 1 aromatic carbocycles. The van der Waals surface area contributed by atoms with Crippen molar-refractivity contribution in [3.05, 3.63) is 52.6 Å². The van der Waals surface area contributed by atoms with Crippen LogP contribution in [-0.2, 0) is 0 Å². The summed E-state index contributed by atoms with van der Waals surface area (Å²) in [6, 6.07) is 10.8. The van der Waals surface area contributed by atoms with Crippen molar-refractivity contribution in [1.82, 2.24) is 4.98 Å². The number of rotatable bonds is 5. The van der Waals surface area contributed by atoms with Gasteiger partial charge < -0.3 is 15.7 Å². The van der Waals surface area contributed by atoms with Crippen LogP contribution in [0.3, 0.4) is 0 Å². The van der Waals surface area contributed by atoms with Gasteiger partial charge in [0.25, 0.3) is 5.91 Å². The number of aliphatic hydroxyl groups is 1. The average molecular weight is 376 g/mol. The van der Waals surface area contributed by atoms with Gasteiger partial charge in [-0.2, -0.15) is 0 Å². The Bertz CT molecular complexity index is 699. The second-order valence-corrected chi connectivity index (χ2v) is 6.71. The van der Waals surface area contributed by atoms with Crippen LogP contribution in [-0.4, -0.2) is 28.1 Å². The second kappa shape index (κ2) is 6.68. The number of anilines is 2. The standard InChI is InChI=1S/C17H18BrN3O2/c18-12-4-6-13(7-5-12)21-16(22)14-3-1-10-19-15(14)20-11-17(23)8-2-9-17/h1,3-7,10,23H,2,8-9,11H2,(H,19,20)(H,21,22). The van der Waals surface area contributed by atoms with E-state index in [0.717, 1.165) is 23.7 Å². The zero-order valence-electron chi connectivity index (χ0n) is 12.6. The van der Waals surface area contributed by atoms with Gasteiger partial charge in [0.05, 0.1) is 11.2 Å². The molecule has 5 nitrogen and oxygen atoms in total. The molecule has 1 saturated carbocycles. The molecule has 0 atom stereocenters. The molecule has 1 fully saturated rings. The third-order valence-electron chi connectivity index (χ3n) is 4.02. The van der Waals surface area contributed by atoms with Gasteiger partial charge in [-0.25, -0.2) is 4.98 Å². The Morgan fingerprint density at radius 1 is 1.26 bits per heavy atom. The number of hydrogen-bond donors (Lipinski definition) is 3. The van der Waals surface area contributed by atoms with Crippen molar-refractivity contribution in [3.8, 4) is 0 Å². The molecule has 2 aromatic rings. The number of nitrogens with zero attached hydrogens (tertiary/aromatic N) is 1. The van der Waals surface area contributed by atoms with Crippen LogP contribution in [0.25, 0.3) is 0 Å². The molecule has 1 heterocycles. The highest BCUT2D eigenvalue weighted by molar-refractivity contribution is 9.10. The maximum Gasteiger partial charge on any atom is 0.259 e. The largest absolute Gasteiger partial charge is 0.388 e. The highest BCUT2D eigenvalue weighted by atomic mass is 79.9. The summed E-state index contributed by atoms with van der Waals surface area (Å²) in [5, 5.41) is 16.1. The summed E-state index contributed by atoms with van der Waals surface area (Å²) in [6.45, 7) is 0.405. The molecule has 120 valence electrons. The predicted octanol–water partition coefficient (Wildman–Crippen LogP) is 3.42. The lowest BCUT2D eigenvalue weighted by molar-refractivity contribution is -0.0202. The molecule has 1 aliphatic carbocycles. The molecule has 0 bridgehead atoms. The molecule has 0 saturated heterocycles. The molecule has 0 spiro atoms. The van der Waals surface area contributed by atoms with Crippen molar-refractivity contribution in [2.24, 2.45) is 0 Å². The van der Waals surface area contributed by atoms with E-state index in [2.05, 4.69) is 31.5 Å². The number of hydrogen-bond acceptors (Lipinski definition) is 4. The Balaban J connectivity index is 1.71. The number of carbonyl (C=O) groups excluding carboxylic acids is 1.